The monoisotopic (exact) mass is 352 g/mol. The molecule has 0 saturated carbocycles. The van der Waals surface area contributed by atoms with Crippen LogP contribution in [-0.2, 0) is 4.79 Å². The smallest absolute Gasteiger partial charge is 0.233 e. The van der Waals surface area contributed by atoms with Crippen molar-refractivity contribution < 1.29 is 4.79 Å². The van der Waals surface area contributed by atoms with Crippen LogP contribution in [0.1, 0.15) is 0 Å². The molecule has 1 fully saturated rings. The first-order chi connectivity index (χ1) is 11.1. The fraction of sp³-hybridized carbons (Fsp3) is 0.357. The number of halogens is 1. The van der Waals surface area contributed by atoms with Gasteiger partial charge in [0, 0.05) is 26.2 Å². The summed E-state index contributed by atoms with van der Waals surface area (Å²) in [6, 6.07) is 7.77. The quantitative estimate of drug-likeness (QED) is 0.810. The van der Waals surface area contributed by atoms with Crippen molar-refractivity contribution >= 4 is 40.9 Å². The van der Waals surface area contributed by atoms with Gasteiger partial charge in [0.2, 0.25) is 17.0 Å². The Hall–Kier alpha value is -1.93. The summed E-state index contributed by atoms with van der Waals surface area (Å²) in [6.07, 6.45) is 0. The topological polar surface area (TPSA) is 91.1 Å². The lowest BCUT2D eigenvalue weighted by Gasteiger charge is -2.36. The van der Waals surface area contributed by atoms with E-state index in [9.17, 15) is 4.79 Å². The second-order valence-electron chi connectivity index (χ2n) is 5.11. The summed E-state index contributed by atoms with van der Waals surface area (Å²) in [7, 11) is 0. The fourth-order valence-electron chi connectivity index (χ4n) is 2.45. The maximum Gasteiger partial charge on any atom is 0.233 e. The van der Waals surface area contributed by atoms with Gasteiger partial charge in [-0.3, -0.25) is 4.79 Å². The number of rotatable bonds is 4. The van der Waals surface area contributed by atoms with Crippen molar-refractivity contribution in [2.75, 3.05) is 42.6 Å². The Kier molecular flexibility index (Phi) is 4.92. The van der Waals surface area contributed by atoms with E-state index >= 15 is 0 Å². The van der Waals surface area contributed by atoms with Crippen LogP contribution in [0.5, 0.6) is 0 Å². The molecule has 1 aromatic carbocycles. The van der Waals surface area contributed by atoms with Crippen LogP contribution in [-0.4, -0.2) is 57.9 Å². The number of amides is 1. The second-order valence-corrected chi connectivity index (χ2v) is 6.46. The zero-order chi connectivity index (χ0) is 16.2. The lowest BCUT2D eigenvalue weighted by atomic mass is 10.2. The maximum atomic E-state index is 12.3. The third kappa shape index (κ3) is 3.89. The number of thioether (sulfide) groups is 1. The highest BCUT2D eigenvalue weighted by atomic mass is 35.5. The molecule has 7 nitrogen and oxygen atoms in total. The van der Waals surface area contributed by atoms with E-state index in [1.54, 1.807) is 0 Å². The Labute approximate surface area is 143 Å². The molecule has 0 atom stereocenters. The van der Waals surface area contributed by atoms with Crippen LogP contribution >= 0.6 is 23.4 Å². The number of nitrogens with zero attached hydrogens (tertiary/aromatic N) is 4. The molecule has 0 spiro atoms. The van der Waals surface area contributed by atoms with Crippen molar-refractivity contribution in [2.45, 2.75) is 5.16 Å². The van der Waals surface area contributed by atoms with Gasteiger partial charge in [0.1, 0.15) is 0 Å². The van der Waals surface area contributed by atoms with Gasteiger partial charge in [-0.2, -0.15) is 4.98 Å². The van der Waals surface area contributed by atoms with Gasteiger partial charge < -0.3 is 15.5 Å². The summed E-state index contributed by atoms with van der Waals surface area (Å²) >= 11 is 7.51. The third-order valence-corrected chi connectivity index (χ3v) is 4.78. The molecular weight excluding hydrogens is 336 g/mol. The number of anilines is 2. The zero-order valence-electron chi connectivity index (χ0n) is 12.4. The van der Waals surface area contributed by atoms with E-state index in [4.69, 9.17) is 17.3 Å². The summed E-state index contributed by atoms with van der Waals surface area (Å²) in [4.78, 5) is 20.3. The first kappa shape index (κ1) is 15.9. The molecule has 9 heteroatoms. The molecule has 3 N–H and O–H groups in total. The van der Waals surface area contributed by atoms with Crippen LogP contribution in [0.3, 0.4) is 0 Å². The van der Waals surface area contributed by atoms with Gasteiger partial charge in [-0.05, 0) is 12.1 Å². The van der Waals surface area contributed by atoms with Gasteiger partial charge >= 0.3 is 0 Å². The Morgan fingerprint density at radius 2 is 2.04 bits per heavy atom. The lowest BCUT2D eigenvalue weighted by molar-refractivity contribution is -0.128. The molecule has 1 aliphatic heterocycles. The van der Waals surface area contributed by atoms with E-state index in [0.717, 1.165) is 23.8 Å². The minimum atomic E-state index is 0.0807. The number of hydrogen-bond donors (Lipinski definition) is 2. The van der Waals surface area contributed by atoms with Crippen LogP contribution in [0.15, 0.2) is 29.4 Å². The van der Waals surface area contributed by atoms with Crippen LogP contribution in [0, 0.1) is 0 Å². The Balaban J connectivity index is 1.50. The normalized spacial score (nSPS) is 15.0. The molecule has 0 bridgehead atoms. The van der Waals surface area contributed by atoms with Crippen molar-refractivity contribution in [3.8, 4) is 0 Å². The summed E-state index contributed by atoms with van der Waals surface area (Å²) in [5, 5.41) is 7.69. The van der Waals surface area contributed by atoms with Gasteiger partial charge in [0.15, 0.2) is 0 Å². The van der Waals surface area contributed by atoms with E-state index in [-0.39, 0.29) is 11.9 Å². The predicted octanol–water partition coefficient (Wildman–Crippen LogP) is 1.48. The summed E-state index contributed by atoms with van der Waals surface area (Å²) in [6.45, 7) is 2.91. The molecule has 122 valence electrons. The molecule has 3 rings (SSSR count). The predicted molar refractivity (Wildman–Crippen MR) is 91.8 cm³/mol. The number of nitrogens with one attached hydrogen (secondary N) is 1. The van der Waals surface area contributed by atoms with Crippen molar-refractivity contribution in [1.82, 2.24) is 20.1 Å². The van der Waals surface area contributed by atoms with Gasteiger partial charge in [-0.25, -0.2) is 5.10 Å². The summed E-state index contributed by atoms with van der Waals surface area (Å²) < 4.78 is 0. The number of benzene rings is 1. The maximum absolute atomic E-state index is 12.3. The zero-order valence-corrected chi connectivity index (χ0v) is 14.0. The number of para-hydroxylation sites is 1. The Morgan fingerprint density at radius 3 is 2.70 bits per heavy atom. The largest absolute Gasteiger partial charge is 0.368 e. The molecular formula is C14H17ClN6OS. The molecule has 0 unspecified atom stereocenters. The van der Waals surface area contributed by atoms with E-state index in [1.807, 2.05) is 29.2 Å². The van der Waals surface area contributed by atoms with Crippen molar-refractivity contribution in [3.05, 3.63) is 29.3 Å². The molecule has 1 amide bonds. The molecule has 2 heterocycles. The second kappa shape index (κ2) is 7.10. The number of hydrogen-bond acceptors (Lipinski definition) is 6. The number of piperazine rings is 1. The van der Waals surface area contributed by atoms with Gasteiger partial charge in [-0.1, -0.05) is 35.5 Å². The van der Waals surface area contributed by atoms with E-state index in [1.165, 1.54) is 11.8 Å². The Bertz CT molecular complexity index is 685. The Morgan fingerprint density at radius 1 is 1.30 bits per heavy atom. The average Bonchev–Trinajstić information content (AvgIpc) is 2.99. The third-order valence-electron chi connectivity index (χ3n) is 3.63. The highest BCUT2D eigenvalue weighted by Crippen LogP contribution is 2.26. The van der Waals surface area contributed by atoms with Crippen LogP contribution in [0.4, 0.5) is 11.6 Å². The van der Waals surface area contributed by atoms with Crippen LogP contribution in [0.2, 0.25) is 5.02 Å². The molecule has 23 heavy (non-hydrogen) atoms. The minimum Gasteiger partial charge on any atom is -0.368 e. The number of nitrogens with two attached hydrogens (primary N) is 1. The van der Waals surface area contributed by atoms with Gasteiger partial charge in [0.25, 0.3) is 0 Å². The van der Waals surface area contributed by atoms with E-state index in [2.05, 4.69) is 20.1 Å². The van der Waals surface area contributed by atoms with Crippen LogP contribution in [0.25, 0.3) is 0 Å². The first-order valence-electron chi connectivity index (χ1n) is 7.21. The average molecular weight is 353 g/mol. The SMILES string of the molecule is Nc1nc(SCC(=O)N2CCN(c3ccccc3Cl)CC2)n[nH]1. The number of H-pyrrole nitrogens is 1. The minimum absolute atomic E-state index is 0.0807. The molecule has 1 aromatic heterocycles. The molecule has 1 aliphatic rings. The first-order valence-corrected chi connectivity index (χ1v) is 8.58. The fourth-order valence-corrected chi connectivity index (χ4v) is 3.41. The number of carbonyl (C=O) groups excluding carboxylic acids is 1. The molecule has 1 saturated heterocycles. The number of aromatic nitrogens is 3. The van der Waals surface area contributed by atoms with Crippen LogP contribution < -0.4 is 10.6 Å². The molecule has 0 radical (unpaired) electrons. The standard InChI is InChI=1S/C14H17ClN6OS/c15-10-3-1-2-4-11(10)20-5-7-21(8-6-20)12(22)9-23-14-17-13(16)18-19-14/h1-4H,5-9H2,(H3,16,17,18,19). The number of carbonyl (C=O) groups is 1. The van der Waals surface area contributed by atoms with E-state index < -0.39 is 0 Å². The van der Waals surface area contributed by atoms with Crippen molar-refractivity contribution in [1.29, 1.82) is 0 Å². The van der Waals surface area contributed by atoms with Crippen molar-refractivity contribution in [2.24, 2.45) is 0 Å². The molecule has 0 aliphatic carbocycles. The highest BCUT2D eigenvalue weighted by molar-refractivity contribution is 7.99. The number of nitrogen functional groups attached to an aromatic ring is 1. The molecule has 2 aromatic rings. The lowest BCUT2D eigenvalue weighted by Crippen LogP contribution is -2.49. The van der Waals surface area contributed by atoms with Crippen molar-refractivity contribution in [3.63, 3.8) is 0 Å². The summed E-state index contributed by atoms with van der Waals surface area (Å²) in [5.41, 5.74) is 6.48. The van der Waals surface area contributed by atoms with Gasteiger partial charge in [0.05, 0.1) is 16.5 Å². The highest BCUT2D eigenvalue weighted by Gasteiger charge is 2.22. The summed E-state index contributed by atoms with van der Waals surface area (Å²) in [5.74, 6) is 0.647. The van der Waals surface area contributed by atoms with E-state index in [0.29, 0.717) is 24.0 Å². The number of aromatic amines is 1. The van der Waals surface area contributed by atoms with Gasteiger partial charge in [-0.15, -0.1) is 5.10 Å².